The Labute approximate surface area is 112 Å². The molecule has 1 unspecified atom stereocenters. The number of nitrogens with zero attached hydrogens (tertiary/aromatic N) is 1. The van der Waals surface area contributed by atoms with Crippen LogP contribution in [0.4, 0.5) is 0 Å². The summed E-state index contributed by atoms with van der Waals surface area (Å²) in [6, 6.07) is -0.258. The van der Waals surface area contributed by atoms with Gasteiger partial charge >= 0.3 is 5.97 Å². The Hall–Kier alpha value is -0.570. The Morgan fingerprint density at radius 3 is 2.28 bits per heavy atom. The van der Waals surface area contributed by atoms with E-state index in [-0.39, 0.29) is 6.04 Å². The van der Waals surface area contributed by atoms with Gasteiger partial charge in [0.15, 0.2) is 0 Å². The molecule has 0 aliphatic carbocycles. The van der Waals surface area contributed by atoms with E-state index in [9.17, 15) is 9.90 Å². The molecule has 0 amide bonds. The van der Waals surface area contributed by atoms with Gasteiger partial charge in [-0.15, -0.1) is 0 Å². The van der Waals surface area contributed by atoms with Gasteiger partial charge in [-0.25, -0.2) is 0 Å². The number of carboxylic acid groups (broad SMARTS) is 1. The van der Waals surface area contributed by atoms with Crippen molar-refractivity contribution < 1.29 is 9.90 Å². The molecular weight excluding hydrogens is 226 g/mol. The second-order valence-electron chi connectivity index (χ2n) is 6.67. The number of rotatable bonds is 5. The van der Waals surface area contributed by atoms with Crippen molar-refractivity contribution in [1.82, 2.24) is 4.90 Å². The van der Waals surface area contributed by atoms with Crippen molar-refractivity contribution in [1.29, 1.82) is 0 Å². The SMILES string of the molecule is CCCCC(C(=O)O)N1CCC(C(C)(C)C)CC1. The first-order chi connectivity index (χ1) is 8.36. The molecule has 1 N–H and O–H groups in total. The van der Waals surface area contributed by atoms with E-state index in [1.54, 1.807) is 0 Å². The molecule has 18 heavy (non-hydrogen) atoms. The third-order valence-electron chi connectivity index (χ3n) is 4.31. The van der Waals surface area contributed by atoms with Crippen LogP contribution in [0, 0.1) is 11.3 Å². The fraction of sp³-hybridized carbons (Fsp3) is 0.933. The van der Waals surface area contributed by atoms with E-state index in [0.29, 0.717) is 5.41 Å². The Morgan fingerprint density at radius 2 is 1.89 bits per heavy atom. The highest BCUT2D eigenvalue weighted by Crippen LogP contribution is 2.35. The van der Waals surface area contributed by atoms with Crippen LogP contribution in [0.1, 0.15) is 59.8 Å². The summed E-state index contributed by atoms with van der Waals surface area (Å²) in [6.07, 6.45) is 5.16. The third kappa shape index (κ3) is 4.27. The van der Waals surface area contributed by atoms with Crippen molar-refractivity contribution in [3.8, 4) is 0 Å². The smallest absolute Gasteiger partial charge is 0.320 e. The van der Waals surface area contributed by atoms with E-state index < -0.39 is 5.97 Å². The van der Waals surface area contributed by atoms with E-state index in [2.05, 4.69) is 32.6 Å². The highest BCUT2D eigenvalue weighted by Gasteiger charge is 2.33. The van der Waals surface area contributed by atoms with E-state index in [1.807, 2.05) is 0 Å². The zero-order valence-electron chi connectivity index (χ0n) is 12.4. The monoisotopic (exact) mass is 255 g/mol. The maximum absolute atomic E-state index is 11.3. The van der Waals surface area contributed by atoms with Crippen molar-refractivity contribution in [3.05, 3.63) is 0 Å². The molecule has 1 rings (SSSR count). The lowest BCUT2D eigenvalue weighted by Gasteiger charge is -2.40. The summed E-state index contributed by atoms with van der Waals surface area (Å²) in [7, 11) is 0. The molecule has 1 saturated heterocycles. The molecule has 0 radical (unpaired) electrons. The van der Waals surface area contributed by atoms with Crippen LogP contribution in [0.25, 0.3) is 0 Å². The predicted octanol–water partition coefficient (Wildman–Crippen LogP) is 3.39. The fourth-order valence-electron chi connectivity index (χ4n) is 2.94. The van der Waals surface area contributed by atoms with Crippen LogP contribution >= 0.6 is 0 Å². The predicted molar refractivity (Wildman–Crippen MR) is 74.7 cm³/mol. The summed E-state index contributed by atoms with van der Waals surface area (Å²) in [5.74, 6) is 0.0898. The first kappa shape index (κ1) is 15.5. The molecule has 1 fully saturated rings. The van der Waals surface area contributed by atoms with Crippen LogP contribution in [0.3, 0.4) is 0 Å². The molecule has 0 aromatic carbocycles. The summed E-state index contributed by atoms with van der Waals surface area (Å²) in [5.41, 5.74) is 0.355. The van der Waals surface area contributed by atoms with Crippen LogP contribution < -0.4 is 0 Å². The highest BCUT2D eigenvalue weighted by atomic mass is 16.4. The third-order valence-corrected chi connectivity index (χ3v) is 4.31. The van der Waals surface area contributed by atoms with E-state index in [1.165, 1.54) is 0 Å². The second kappa shape index (κ2) is 6.55. The zero-order chi connectivity index (χ0) is 13.8. The summed E-state index contributed by atoms with van der Waals surface area (Å²) in [5, 5.41) is 9.34. The van der Waals surface area contributed by atoms with Gasteiger partial charge in [0.05, 0.1) is 0 Å². The number of unbranched alkanes of at least 4 members (excludes halogenated alkanes) is 1. The lowest BCUT2D eigenvalue weighted by atomic mass is 9.75. The largest absolute Gasteiger partial charge is 0.480 e. The molecule has 3 nitrogen and oxygen atoms in total. The van der Waals surface area contributed by atoms with Gasteiger partial charge in [0.25, 0.3) is 0 Å². The minimum atomic E-state index is -0.641. The van der Waals surface area contributed by atoms with Gasteiger partial charge in [0, 0.05) is 0 Å². The molecular formula is C15H29NO2. The average molecular weight is 255 g/mol. The normalized spacial score (nSPS) is 20.9. The minimum Gasteiger partial charge on any atom is -0.480 e. The highest BCUT2D eigenvalue weighted by molar-refractivity contribution is 5.73. The van der Waals surface area contributed by atoms with E-state index in [0.717, 1.165) is 51.1 Å². The van der Waals surface area contributed by atoms with Crippen molar-refractivity contribution in [3.63, 3.8) is 0 Å². The van der Waals surface area contributed by atoms with Gasteiger partial charge in [-0.1, -0.05) is 40.5 Å². The summed E-state index contributed by atoms with van der Waals surface area (Å²) < 4.78 is 0. The van der Waals surface area contributed by atoms with Gasteiger partial charge in [0.2, 0.25) is 0 Å². The standard InChI is InChI=1S/C15H29NO2/c1-5-6-7-13(14(17)18)16-10-8-12(9-11-16)15(2,3)4/h12-13H,5-11H2,1-4H3,(H,17,18). The maximum Gasteiger partial charge on any atom is 0.320 e. The van der Waals surface area contributed by atoms with Crippen LogP contribution in [-0.4, -0.2) is 35.1 Å². The Bertz CT molecular complexity index is 262. The summed E-state index contributed by atoms with van der Waals surface area (Å²) >= 11 is 0. The first-order valence-corrected chi connectivity index (χ1v) is 7.33. The number of likely N-dealkylation sites (tertiary alicyclic amines) is 1. The van der Waals surface area contributed by atoms with Crippen LogP contribution in [0.5, 0.6) is 0 Å². The lowest BCUT2D eigenvalue weighted by molar-refractivity contribution is -0.144. The number of hydrogen-bond acceptors (Lipinski definition) is 2. The summed E-state index contributed by atoms with van der Waals surface area (Å²) in [4.78, 5) is 13.5. The van der Waals surface area contributed by atoms with Crippen molar-refractivity contribution in [2.75, 3.05) is 13.1 Å². The molecule has 0 bridgehead atoms. The van der Waals surface area contributed by atoms with Crippen LogP contribution in [0.15, 0.2) is 0 Å². The first-order valence-electron chi connectivity index (χ1n) is 7.33. The number of hydrogen-bond donors (Lipinski definition) is 1. The summed E-state index contributed by atoms with van der Waals surface area (Å²) in [6.45, 7) is 10.9. The number of piperidine rings is 1. The Balaban J connectivity index is 2.51. The fourth-order valence-corrected chi connectivity index (χ4v) is 2.94. The van der Waals surface area contributed by atoms with Crippen LogP contribution in [0.2, 0.25) is 0 Å². The van der Waals surface area contributed by atoms with Crippen molar-refractivity contribution in [2.24, 2.45) is 11.3 Å². The number of carboxylic acids is 1. The van der Waals surface area contributed by atoms with Crippen molar-refractivity contribution in [2.45, 2.75) is 65.8 Å². The zero-order valence-corrected chi connectivity index (χ0v) is 12.4. The quantitative estimate of drug-likeness (QED) is 0.818. The Kier molecular flexibility index (Phi) is 5.64. The van der Waals surface area contributed by atoms with Gasteiger partial charge in [-0.2, -0.15) is 0 Å². The second-order valence-corrected chi connectivity index (χ2v) is 6.67. The Morgan fingerprint density at radius 1 is 1.33 bits per heavy atom. The molecule has 1 aliphatic heterocycles. The van der Waals surface area contributed by atoms with E-state index >= 15 is 0 Å². The molecule has 0 spiro atoms. The topological polar surface area (TPSA) is 40.5 Å². The molecule has 1 aliphatic rings. The maximum atomic E-state index is 11.3. The number of carbonyl (C=O) groups is 1. The molecule has 1 atom stereocenters. The van der Waals surface area contributed by atoms with Gasteiger partial charge in [-0.05, 0) is 43.7 Å². The van der Waals surface area contributed by atoms with Crippen molar-refractivity contribution >= 4 is 5.97 Å². The molecule has 1 heterocycles. The van der Waals surface area contributed by atoms with Gasteiger partial charge in [0.1, 0.15) is 6.04 Å². The van der Waals surface area contributed by atoms with E-state index in [4.69, 9.17) is 0 Å². The molecule has 3 heteroatoms. The van der Waals surface area contributed by atoms with Gasteiger partial charge in [-0.3, -0.25) is 9.69 Å². The van der Waals surface area contributed by atoms with Gasteiger partial charge < -0.3 is 5.11 Å². The molecule has 0 saturated carbocycles. The molecule has 0 aromatic heterocycles. The molecule has 0 aromatic rings. The number of aliphatic carboxylic acids is 1. The lowest BCUT2D eigenvalue weighted by Crippen LogP contribution is -2.47. The average Bonchev–Trinajstić information content (AvgIpc) is 2.28. The van der Waals surface area contributed by atoms with Crippen LogP contribution in [-0.2, 0) is 4.79 Å². The molecule has 106 valence electrons. The minimum absolute atomic E-state index is 0.258.